The molecule has 0 aliphatic rings. The van der Waals surface area contributed by atoms with Gasteiger partial charge >= 0.3 is 0 Å². The van der Waals surface area contributed by atoms with Gasteiger partial charge in [-0.05, 0) is 18.2 Å². The first-order valence-corrected chi connectivity index (χ1v) is 5.80. The summed E-state index contributed by atoms with van der Waals surface area (Å²) >= 11 is 0. The third kappa shape index (κ3) is 3.13. The lowest BCUT2D eigenvalue weighted by atomic mass is 10.2. The molecule has 1 aromatic heterocycles. The van der Waals surface area contributed by atoms with E-state index >= 15 is 0 Å². The molecule has 0 fully saturated rings. The maximum absolute atomic E-state index is 13.1. The number of hydrogen-bond acceptors (Lipinski definition) is 4. The standard InChI is InChI=1S/C14H15FN2O2/c1-18-13-6-7-16-12(14(13)19-2)9-17-11-5-3-4-10(15)8-11/h3-8,17H,9H2,1-2H3. The Bertz CT molecular complexity index is 561. The number of nitrogens with zero attached hydrogens (tertiary/aromatic N) is 1. The molecule has 0 aliphatic heterocycles. The average Bonchev–Trinajstić information content (AvgIpc) is 2.44. The van der Waals surface area contributed by atoms with Crippen LogP contribution in [0.25, 0.3) is 0 Å². The number of benzene rings is 1. The summed E-state index contributed by atoms with van der Waals surface area (Å²) in [6.07, 6.45) is 1.64. The third-order valence-electron chi connectivity index (χ3n) is 2.65. The van der Waals surface area contributed by atoms with Gasteiger partial charge in [0.15, 0.2) is 11.5 Å². The van der Waals surface area contributed by atoms with Crippen LogP contribution < -0.4 is 14.8 Å². The minimum Gasteiger partial charge on any atom is -0.493 e. The van der Waals surface area contributed by atoms with Crippen LogP contribution >= 0.6 is 0 Å². The summed E-state index contributed by atoms with van der Waals surface area (Å²) in [5, 5.41) is 3.09. The molecule has 0 saturated heterocycles. The van der Waals surface area contributed by atoms with E-state index in [-0.39, 0.29) is 5.82 Å². The fourth-order valence-electron chi connectivity index (χ4n) is 1.76. The van der Waals surface area contributed by atoms with Crippen LogP contribution in [0.3, 0.4) is 0 Å². The third-order valence-corrected chi connectivity index (χ3v) is 2.65. The molecule has 2 rings (SSSR count). The van der Waals surface area contributed by atoms with Gasteiger partial charge in [0.2, 0.25) is 0 Å². The van der Waals surface area contributed by atoms with Gasteiger partial charge in [-0.1, -0.05) is 6.07 Å². The van der Waals surface area contributed by atoms with Gasteiger partial charge < -0.3 is 14.8 Å². The van der Waals surface area contributed by atoms with Crippen LogP contribution in [0.1, 0.15) is 5.69 Å². The number of hydrogen-bond donors (Lipinski definition) is 1. The Morgan fingerprint density at radius 1 is 1.21 bits per heavy atom. The predicted octanol–water partition coefficient (Wildman–Crippen LogP) is 2.85. The van der Waals surface area contributed by atoms with Gasteiger partial charge in [0.1, 0.15) is 11.5 Å². The monoisotopic (exact) mass is 262 g/mol. The van der Waals surface area contributed by atoms with Gasteiger partial charge in [0.05, 0.1) is 20.8 Å². The summed E-state index contributed by atoms with van der Waals surface area (Å²) in [7, 11) is 3.13. The van der Waals surface area contributed by atoms with Crippen molar-refractivity contribution in [2.45, 2.75) is 6.54 Å². The van der Waals surface area contributed by atoms with Crippen molar-refractivity contribution in [3.05, 3.63) is 48.0 Å². The molecular formula is C14H15FN2O2. The lowest BCUT2D eigenvalue weighted by molar-refractivity contribution is 0.350. The van der Waals surface area contributed by atoms with Crippen molar-refractivity contribution in [1.82, 2.24) is 4.98 Å². The molecule has 0 radical (unpaired) electrons. The molecule has 100 valence electrons. The number of pyridine rings is 1. The van der Waals surface area contributed by atoms with Crippen LogP contribution in [-0.4, -0.2) is 19.2 Å². The maximum Gasteiger partial charge on any atom is 0.184 e. The maximum atomic E-state index is 13.1. The molecule has 0 saturated carbocycles. The van der Waals surface area contributed by atoms with Crippen molar-refractivity contribution in [2.75, 3.05) is 19.5 Å². The van der Waals surface area contributed by atoms with Crippen LogP contribution in [0.15, 0.2) is 36.5 Å². The molecule has 0 atom stereocenters. The summed E-state index contributed by atoms with van der Waals surface area (Å²) in [4.78, 5) is 4.23. The number of methoxy groups -OCH3 is 2. The van der Waals surface area contributed by atoms with Crippen LogP contribution in [0.2, 0.25) is 0 Å². The number of rotatable bonds is 5. The van der Waals surface area contributed by atoms with E-state index in [4.69, 9.17) is 9.47 Å². The molecule has 1 N–H and O–H groups in total. The summed E-state index contributed by atoms with van der Waals surface area (Å²) in [6, 6.07) is 7.98. The lowest BCUT2D eigenvalue weighted by Gasteiger charge is -2.12. The van der Waals surface area contributed by atoms with E-state index in [1.807, 2.05) is 0 Å². The van der Waals surface area contributed by atoms with Crippen LogP contribution in [0.4, 0.5) is 10.1 Å². The van der Waals surface area contributed by atoms with Gasteiger partial charge in [-0.15, -0.1) is 0 Å². The molecule has 19 heavy (non-hydrogen) atoms. The molecule has 2 aromatic rings. The first kappa shape index (κ1) is 13.1. The van der Waals surface area contributed by atoms with Crippen molar-refractivity contribution in [1.29, 1.82) is 0 Å². The Morgan fingerprint density at radius 2 is 2.05 bits per heavy atom. The highest BCUT2D eigenvalue weighted by Gasteiger charge is 2.10. The van der Waals surface area contributed by atoms with Gasteiger partial charge in [-0.25, -0.2) is 4.39 Å². The topological polar surface area (TPSA) is 43.4 Å². The number of nitrogens with one attached hydrogen (secondary N) is 1. The van der Waals surface area contributed by atoms with Gasteiger partial charge in [0.25, 0.3) is 0 Å². The van der Waals surface area contributed by atoms with E-state index in [0.29, 0.717) is 29.4 Å². The second-order valence-corrected chi connectivity index (χ2v) is 3.86. The first-order valence-electron chi connectivity index (χ1n) is 5.80. The smallest absolute Gasteiger partial charge is 0.184 e. The number of aromatic nitrogens is 1. The van der Waals surface area contributed by atoms with Crippen molar-refractivity contribution in [3.8, 4) is 11.5 Å². The molecular weight excluding hydrogens is 247 g/mol. The second-order valence-electron chi connectivity index (χ2n) is 3.86. The van der Waals surface area contributed by atoms with Crippen LogP contribution in [0.5, 0.6) is 11.5 Å². The van der Waals surface area contributed by atoms with E-state index in [1.165, 1.54) is 12.1 Å². The lowest BCUT2D eigenvalue weighted by Crippen LogP contribution is -2.05. The van der Waals surface area contributed by atoms with Crippen molar-refractivity contribution < 1.29 is 13.9 Å². The van der Waals surface area contributed by atoms with E-state index in [1.54, 1.807) is 38.6 Å². The first-order chi connectivity index (χ1) is 9.24. The molecule has 5 heteroatoms. The van der Waals surface area contributed by atoms with Crippen molar-refractivity contribution in [2.24, 2.45) is 0 Å². The molecule has 0 aliphatic carbocycles. The van der Waals surface area contributed by atoms with Gasteiger partial charge in [-0.2, -0.15) is 0 Å². The minimum absolute atomic E-state index is 0.282. The zero-order chi connectivity index (χ0) is 13.7. The van der Waals surface area contributed by atoms with E-state index in [9.17, 15) is 4.39 Å². The molecule has 1 heterocycles. The zero-order valence-corrected chi connectivity index (χ0v) is 10.8. The molecule has 0 amide bonds. The fraction of sp³-hybridized carbons (Fsp3) is 0.214. The number of halogens is 1. The van der Waals surface area contributed by atoms with E-state index < -0.39 is 0 Å². The SMILES string of the molecule is COc1ccnc(CNc2cccc(F)c2)c1OC. The largest absolute Gasteiger partial charge is 0.493 e. The number of ether oxygens (including phenoxy) is 2. The van der Waals surface area contributed by atoms with E-state index in [0.717, 1.165) is 0 Å². The van der Waals surface area contributed by atoms with Crippen molar-refractivity contribution >= 4 is 5.69 Å². The second kappa shape index (κ2) is 6.04. The Balaban J connectivity index is 2.15. The van der Waals surface area contributed by atoms with Crippen molar-refractivity contribution in [3.63, 3.8) is 0 Å². The van der Waals surface area contributed by atoms with E-state index in [2.05, 4.69) is 10.3 Å². The molecule has 0 bridgehead atoms. The Morgan fingerprint density at radius 3 is 2.74 bits per heavy atom. The Hall–Kier alpha value is -2.30. The highest BCUT2D eigenvalue weighted by Crippen LogP contribution is 2.29. The number of anilines is 1. The summed E-state index contributed by atoms with van der Waals surface area (Å²) in [5.41, 5.74) is 1.39. The Labute approximate surface area is 111 Å². The molecule has 4 nitrogen and oxygen atoms in total. The molecule has 0 spiro atoms. The predicted molar refractivity (Wildman–Crippen MR) is 71.1 cm³/mol. The van der Waals surface area contributed by atoms with Crippen LogP contribution in [0, 0.1) is 5.82 Å². The quantitative estimate of drug-likeness (QED) is 0.899. The zero-order valence-electron chi connectivity index (χ0n) is 10.8. The summed E-state index contributed by atoms with van der Waals surface area (Å²) < 4.78 is 23.5. The Kier molecular flexibility index (Phi) is 4.18. The fourth-order valence-corrected chi connectivity index (χ4v) is 1.76. The normalized spacial score (nSPS) is 10.1. The highest BCUT2D eigenvalue weighted by atomic mass is 19.1. The molecule has 1 aromatic carbocycles. The summed E-state index contributed by atoms with van der Waals surface area (Å²) in [5.74, 6) is 0.915. The van der Waals surface area contributed by atoms with Crippen LogP contribution in [-0.2, 0) is 6.54 Å². The molecule has 0 unspecified atom stereocenters. The highest BCUT2D eigenvalue weighted by molar-refractivity contribution is 5.47. The average molecular weight is 262 g/mol. The summed E-state index contributed by atoms with van der Waals surface area (Å²) in [6.45, 7) is 0.420. The minimum atomic E-state index is -0.282. The van der Waals surface area contributed by atoms with Gasteiger partial charge in [-0.3, -0.25) is 4.98 Å². The van der Waals surface area contributed by atoms with Gasteiger partial charge in [0, 0.05) is 18.0 Å².